The molecule has 1 aromatic carbocycles. The molecule has 0 saturated heterocycles. The first-order chi connectivity index (χ1) is 10.1. The number of carbonyl (C=O) groups is 2. The minimum Gasteiger partial charge on any atom is -0.481 e. The van der Waals surface area contributed by atoms with Gasteiger partial charge in [0.05, 0.1) is 5.92 Å². The summed E-state index contributed by atoms with van der Waals surface area (Å²) in [6.07, 6.45) is 2.33. The van der Waals surface area contributed by atoms with E-state index in [1.54, 1.807) is 0 Å². The van der Waals surface area contributed by atoms with Crippen LogP contribution in [0.25, 0.3) is 0 Å². The third-order valence-electron chi connectivity index (χ3n) is 4.70. The fourth-order valence-corrected chi connectivity index (χ4v) is 3.76. The Kier molecular flexibility index (Phi) is 3.82. The van der Waals surface area contributed by atoms with Crippen molar-refractivity contribution < 1.29 is 19.4 Å². The van der Waals surface area contributed by atoms with Crippen molar-refractivity contribution in [2.24, 2.45) is 17.8 Å². The van der Waals surface area contributed by atoms with Gasteiger partial charge in [-0.25, -0.2) is 4.79 Å². The van der Waals surface area contributed by atoms with Gasteiger partial charge in [-0.2, -0.15) is 0 Å². The summed E-state index contributed by atoms with van der Waals surface area (Å²) in [6, 6.07) is 9.14. The highest BCUT2D eigenvalue weighted by Crippen LogP contribution is 2.48. The van der Waals surface area contributed by atoms with E-state index in [1.807, 2.05) is 30.3 Å². The lowest BCUT2D eigenvalue weighted by atomic mass is 9.84. The Morgan fingerprint density at radius 2 is 1.90 bits per heavy atom. The van der Waals surface area contributed by atoms with Crippen molar-refractivity contribution in [2.45, 2.75) is 31.9 Å². The van der Waals surface area contributed by atoms with E-state index < -0.39 is 18.0 Å². The van der Waals surface area contributed by atoms with Gasteiger partial charge >= 0.3 is 12.1 Å². The number of alkyl carbamates (subject to hydrolysis) is 1. The Hall–Kier alpha value is -2.04. The first kappa shape index (κ1) is 13.9. The van der Waals surface area contributed by atoms with Crippen molar-refractivity contribution in [3.63, 3.8) is 0 Å². The van der Waals surface area contributed by atoms with Gasteiger partial charge in [0.25, 0.3) is 0 Å². The monoisotopic (exact) mass is 289 g/mol. The third-order valence-corrected chi connectivity index (χ3v) is 4.70. The highest BCUT2D eigenvalue weighted by Gasteiger charge is 2.51. The van der Waals surface area contributed by atoms with E-state index in [1.165, 1.54) is 0 Å². The van der Waals surface area contributed by atoms with Crippen LogP contribution in [-0.4, -0.2) is 23.2 Å². The van der Waals surface area contributed by atoms with Crippen molar-refractivity contribution in [3.05, 3.63) is 35.9 Å². The van der Waals surface area contributed by atoms with Crippen LogP contribution >= 0.6 is 0 Å². The molecule has 5 heteroatoms. The molecule has 2 N–H and O–H groups in total. The Morgan fingerprint density at radius 1 is 1.19 bits per heavy atom. The molecule has 0 aliphatic heterocycles. The second-order valence-electron chi connectivity index (χ2n) is 5.93. The van der Waals surface area contributed by atoms with Crippen LogP contribution in [0.2, 0.25) is 0 Å². The van der Waals surface area contributed by atoms with E-state index in [4.69, 9.17) is 4.74 Å². The molecule has 2 bridgehead atoms. The maximum Gasteiger partial charge on any atom is 0.407 e. The predicted molar refractivity (Wildman–Crippen MR) is 75.5 cm³/mol. The van der Waals surface area contributed by atoms with Crippen LogP contribution < -0.4 is 5.32 Å². The van der Waals surface area contributed by atoms with Crippen LogP contribution in [0.1, 0.15) is 24.8 Å². The summed E-state index contributed by atoms with van der Waals surface area (Å²) in [5, 5.41) is 12.1. The fourth-order valence-electron chi connectivity index (χ4n) is 3.76. The van der Waals surface area contributed by atoms with Crippen LogP contribution in [-0.2, 0) is 16.1 Å². The highest BCUT2D eigenvalue weighted by molar-refractivity contribution is 5.74. The second kappa shape index (κ2) is 5.76. The zero-order valence-corrected chi connectivity index (χ0v) is 11.7. The molecule has 4 atom stereocenters. The molecular weight excluding hydrogens is 270 g/mol. The minimum atomic E-state index is -0.810. The molecule has 5 nitrogen and oxygen atoms in total. The van der Waals surface area contributed by atoms with Gasteiger partial charge in [-0.15, -0.1) is 0 Å². The predicted octanol–water partition coefficient (Wildman–Crippen LogP) is 2.41. The maximum absolute atomic E-state index is 11.9. The first-order valence-electron chi connectivity index (χ1n) is 7.35. The summed E-state index contributed by atoms with van der Waals surface area (Å²) >= 11 is 0. The lowest BCUT2D eigenvalue weighted by Gasteiger charge is -2.28. The molecule has 0 radical (unpaired) electrons. The number of rotatable bonds is 4. The number of carbonyl (C=O) groups excluding carboxylic acids is 1. The lowest BCUT2D eigenvalue weighted by Crippen LogP contribution is -2.46. The molecule has 0 aromatic heterocycles. The van der Waals surface area contributed by atoms with Gasteiger partial charge in [-0.1, -0.05) is 30.3 Å². The summed E-state index contributed by atoms with van der Waals surface area (Å²) in [4.78, 5) is 23.3. The fraction of sp³-hybridized carbons (Fsp3) is 0.500. The summed E-state index contributed by atoms with van der Waals surface area (Å²) < 4.78 is 5.18. The van der Waals surface area contributed by atoms with Crippen molar-refractivity contribution in [2.75, 3.05) is 0 Å². The van der Waals surface area contributed by atoms with E-state index in [9.17, 15) is 14.7 Å². The topological polar surface area (TPSA) is 75.6 Å². The molecule has 2 aliphatic carbocycles. The number of fused-ring (bicyclic) bond motifs is 2. The van der Waals surface area contributed by atoms with Crippen LogP contribution in [0.15, 0.2) is 30.3 Å². The smallest absolute Gasteiger partial charge is 0.407 e. The van der Waals surface area contributed by atoms with E-state index >= 15 is 0 Å². The Morgan fingerprint density at radius 3 is 2.62 bits per heavy atom. The van der Waals surface area contributed by atoms with Gasteiger partial charge in [0, 0.05) is 6.04 Å². The Bertz CT molecular complexity index is 530. The van der Waals surface area contributed by atoms with Crippen LogP contribution in [0.3, 0.4) is 0 Å². The van der Waals surface area contributed by atoms with Crippen molar-refractivity contribution >= 4 is 12.1 Å². The van der Waals surface area contributed by atoms with Crippen molar-refractivity contribution in [3.8, 4) is 0 Å². The van der Waals surface area contributed by atoms with Crippen molar-refractivity contribution in [1.29, 1.82) is 0 Å². The molecule has 1 amide bonds. The van der Waals surface area contributed by atoms with Crippen LogP contribution in [0.4, 0.5) is 4.79 Å². The number of amides is 1. The summed E-state index contributed by atoms with van der Waals surface area (Å²) in [6.45, 7) is 0.200. The SMILES string of the molecule is O=C(N[C@H]1[C@@H]2CC[C@@H](C2)[C@@H]1C(=O)O)OCc1ccccc1. The first-order valence-corrected chi connectivity index (χ1v) is 7.35. The maximum atomic E-state index is 11.9. The van der Waals surface area contributed by atoms with Crippen LogP contribution in [0.5, 0.6) is 0 Å². The molecule has 0 spiro atoms. The minimum absolute atomic E-state index is 0.200. The molecule has 1 aromatic rings. The number of hydrogen-bond donors (Lipinski definition) is 2. The zero-order chi connectivity index (χ0) is 14.8. The Balaban J connectivity index is 1.56. The van der Waals surface area contributed by atoms with E-state index in [0.717, 1.165) is 24.8 Å². The molecule has 3 rings (SSSR count). The second-order valence-corrected chi connectivity index (χ2v) is 5.93. The van der Waals surface area contributed by atoms with Gasteiger partial charge in [0.2, 0.25) is 0 Å². The molecule has 2 aliphatic rings. The molecule has 2 saturated carbocycles. The molecule has 2 fully saturated rings. The van der Waals surface area contributed by atoms with Gasteiger partial charge in [-0.05, 0) is 36.7 Å². The number of aliphatic carboxylic acids is 1. The summed E-state index contributed by atoms with van der Waals surface area (Å²) in [7, 11) is 0. The zero-order valence-electron chi connectivity index (χ0n) is 11.7. The number of carboxylic acids is 1. The summed E-state index contributed by atoms with van der Waals surface area (Å²) in [5.74, 6) is -0.795. The van der Waals surface area contributed by atoms with Gasteiger partial charge < -0.3 is 15.2 Å². The third kappa shape index (κ3) is 2.86. The Labute approximate surface area is 123 Å². The lowest BCUT2D eigenvalue weighted by molar-refractivity contribution is -0.144. The van der Waals surface area contributed by atoms with E-state index in [0.29, 0.717) is 0 Å². The van der Waals surface area contributed by atoms with Crippen molar-refractivity contribution in [1.82, 2.24) is 5.32 Å². The van der Waals surface area contributed by atoms with Gasteiger partial charge in [-0.3, -0.25) is 4.79 Å². The number of benzene rings is 1. The quantitative estimate of drug-likeness (QED) is 0.892. The van der Waals surface area contributed by atoms with Gasteiger partial charge in [0.1, 0.15) is 6.61 Å². The van der Waals surface area contributed by atoms with Gasteiger partial charge in [0.15, 0.2) is 0 Å². The normalized spacial score (nSPS) is 30.1. The molecule has 21 heavy (non-hydrogen) atoms. The van der Waals surface area contributed by atoms with E-state index in [-0.39, 0.29) is 24.5 Å². The summed E-state index contributed by atoms with van der Waals surface area (Å²) in [5.41, 5.74) is 0.912. The highest BCUT2D eigenvalue weighted by atomic mass is 16.5. The molecular formula is C16H19NO4. The number of hydrogen-bond acceptors (Lipinski definition) is 3. The van der Waals surface area contributed by atoms with Crippen LogP contribution in [0, 0.1) is 17.8 Å². The average molecular weight is 289 g/mol. The number of carboxylic acid groups (broad SMARTS) is 1. The molecule has 112 valence electrons. The van der Waals surface area contributed by atoms with E-state index in [2.05, 4.69) is 5.32 Å². The molecule has 0 unspecified atom stereocenters. The standard InChI is InChI=1S/C16H19NO4/c18-15(19)13-11-6-7-12(8-11)14(13)17-16(20)21-9-10-4-2-1-3-5-10/h1-5,11-14H,6-9H2,(H,17,20)(H,18,19)/t11-,12+,13-,14-/m0/s1. The molecule has 0 heterocycles. The largest absolute Gasteiger partial charge is 0.481 e. The average Bonchev–Trinajstić information content (AvgIpc) is 3.07. The number of ether oxygens (including phenoxy) is 1. The number of nitrogens with one attached hydrogen (secondary N) is 1.